The summed E-state index contributed by atoms with van der Waals surface area (Å²) in [6.07, 6.45) is 7.31. The van der Waals surface area contributed by atoms with Crippen molar-refractivity contribution in [3.63, 3.8) is 0 Å². The molecule has 1 aromatic carbocycles. The quantitative estimate of drug-likeness (QED) is 0.238. The van der Waals surface area contributed by atoms with Crippen LogP contribution in [0.4, 0.5) is 4.79 Å². The molecule has 1 rings (SSSR count). The number of alkyl carbamates (subject to hydrolysis) is 1. The van der Waals surface area contributed by atoms with E-state index in [1.807, 2.05) is 13.0 Å². The van der Waals surface area contributed by atoms with Crippen LogP contribution in [0.3, 0.4) is 0 Å². The second-order valence-corrected chi connectivity index (χ2v) is 9.36. The number of benzene rings is 1. The molecular formula is C26H38N4O5. The molecule has 0 fully saturated rings. The van der Waals surface area contributed by atoms with Gasteiger partial charge in [-0.15, -0.1) is 0 Å². The van der Waals surface area contributed by atoms with Crippen molar-refractivity contribution in [1.82, 2.24) is 15.5 Å². The summed E-state index contributed by atoms with van der Waals surface area (Å²) in [4.78, 5) is 51.5. The molecule has 1 aromatic rings. The smallest absolute Gasteiger partial charge is 0.408 e. The minimum absolute atomic E-state index is 0.107. The van der Waals surface area contributed by atoms with E-state index in [4.69, 9.17) is 16.9 Å². The highest BCUT2D eigenvalue weighted by molar-refractivity contribution is 5.93. The molecule has 192 valence electrons. The monoisotopic (exact) mass is 486 g/mol. The Balaban J connectivity index is 3.30. The molecule has 0 aliphatic carbocycles. The number of rotatable bonds is 12. The number of unbranched alkanes of at least 4 members (excludes halogenated alkanes) is 2. The van der Waals surface area contributed by atoms with E-state index < -0.39 is 41.5 Å². The molecule has 0 saturated carbocycles. The van der Waals surface area contributed by atoms with Gasteiger partial charge in [-0.3, -0.25) is 19.3 Å². The van der Waals surface area contributed by atoms with E-state index in [-0.39, 0.29) is 12.8 Å². The minimum Gasteiger partial charge on any atom is -0.444 e. The zero-order chi connectivity index (χ0) is 26.6. The first-order valence-corrected chi connectivity index (χ1v) is 11.8. The van der Waals surface area contributed by atoms with E-state index in [0.29, 0.717) is 12.1 Å². The SMILES string of the molecule is C#CN(C(=O)C(CCC(N)=O)NC(=O)OC(C)(C)C)C(C(=O)NCCCCC)c1cccc(C)c1. The Morgan fingerprint density at radius 2 is 1.89 bits per heavy atom. The Morgan fingerprint density at radius 1 is 1.20 bits per heavy atom. The van der Waals surface area contributed by atoms with Crippen LogP contribution in [0, 0.1) is 19.4 Å². The highest BCUT2D eigenvalue weighted by Gasteiger charge is 2.36. The second-order valence-electron chi connectivity index (χ2n) is 9.36. The van der Waals surface area contributed by atoms with Crippen LogP contribution in [0.15, 0.2) is 24.3 Å². The lowest BCUT2D eigenvalue weighted by Gasteiger charge is -2.30. The third-order valence-corrected chi connectivity index (χ3v) is 4.99. The van der Waals surface area contributed by atoms with Crippen LogP contribution >= 0.6 is 0 Å². The number of nitrogens with two attached hydrogens (primary N) is 1. The largest absolute Gasteiger partial charge is 0.444 e. The number of aryl methyl sites for hydroxylation is 1. The lowest BCUT2D eigenvalue weighted by Crippen LogP contribution is -2.51. The standard InChI is InChI=1S/C26H38N4O5/c1-7-9-10-16-28-23(32)22(19-13-11-12-18(3)17-19)30(8-2)24(33)20(14-15-21(27)31)29-25(34)35-26(4,5)6/h2,11-13,17,20,22H,7,9-10,14-16H2,1,3-6H3,(H2,27,31)(H,28,32)(H,29,34). The maximum absolute atomic E-state index is 13.5. The van der Waals surface area contributed by atoms with E-state index in [1.165, 1.54) is 0 Å². The van der Waals surface area contributed by atoms with Crippen molar-refractivity contribution in [2.45, 2.75) is 84.4 Å². The maximum Gasteiger partial charge on any atom is 0.408 e. The molecule has 0 bridgehead atoms. The van der Waals surface area contributed by atoms with Crippen LogP contribution in [0.2, 0.25) is 0 Å². The van der Waals surface area contributed by atoms with Gasteiger partial charge in [-0.1, -0.05) is 56.0 Å². The van der Waals surface area contributed by atoms with E-state index >= 15 is 0 Å². The number of carbonyl (C=O) groups excluding carboxylic acids is 4. The summed E-state index contributed by atoms with van der Waals surface area (Å²) in [5, 5.41) is 5.32. The van der Waals surface area contributed by atoms with Crippen LogP contribution in [-0.2, 0) is 19.1 Å². The molecule has 2 atom stereocenters. The number of terminal acetylenes is 1. The third-order valence-electron chi connectivity index (χ3n) is 4.99. The molecule has 9 nitrogen and oxygen atoms in total. The predicted octanol–water partition coefficient (Wildman–Crippen LogP) is 2.92. The molecule has 0 aromatic heterocycles. The topological polar surface area (TPSA) is 131 Å². The molecule has 0 radical (unpaired) electrons. The first kappa shape index (κ1) is 29.5. The fraction of sp³-hybridized carbons (Fsp3) is 0.538. The van der Waals surface area contributed by atoms with Crippen LogP contribution in [0.1, 0.15) is 77.0 Å². The normalized spacial score (nSPS) is 12.6. The highest BCUT2D eigenvalue weighted by atomic mass is 16.6. The zero-order valence-corrected chi connectivity index (χ0v) is 21.3. The number of primary amides is 1. The number of hydrogen-bond acceptors (Lipinski definition) is 5. The van der Waals surface area contributed by atoms with Gasteiger partial charge in [0, 0.05) is 19.0 Å². The van der Waals surface area contributed by atoms with Crippen molar-refractivity contribution in [1.29, 1.82) is 0 Å². The van der Waals surface area contributed by atoms with Crippen LogP contribution < -0.4 is 16.4 Å². The molecule has 0 spiro atoms. The fourth-order valence-corrected chi connectivity index (χ4v) is 3.37. The molecule has 0 heterocycles. The van der Waals surface area contributed by atoms with Crippen molar-refractivity contribution in [3.05, 3.63) is 35.4 Å². The fourth-order valence-electron chi connectivity index (χ4n) is 3.37. The molecule has 4 N–H and O–H groups in total. The molecular weight excluding hydrogens is 448 g/mol. The lowest BCUT2D eigenvalue weighted by molar-refractivity contribution is -0.138. The zero-order valence-electron chi connectivity index (χ0n) is 21.3. The Labute approximate surface area is 208 Å². The predicted molar refractivity (Wildman–Crippen MR) is 134 cm³/mol. The second kappa shape index (κ2) is 14.0. The maximum atomic E-state index is 13.5. The van der Waals surface area contributed by atoms with Gasteiger partial charge in [0.25, 0.3) is 5.91 Å². The Morgan fingerprint density at radius 3 is 2.43 bits per heavy atom. The number of ether oxygens (including phenoxy) is 1. The van der Waals surface area contributed by atoms with E-state index in [2.05, 4.69) is 23.6 Å². The van der Waals surface area contributed by atoms with E-state index in [0.717, 1.165) is 29.7 Å². The number of nitrogens with zero attached hydrogens (tertiary/aromatic N) is 1. The van der Waals surface area contributed by atoms with Gasteiger partial charge in [-0.2, -0.15) is 0 Å². The Hall–Kier alpha value is -3.54. The molecule has 35 heavy (non-hydrogen) atoms. The van der Waals surface area contributed by atoms with Crippen molar-refractivity contribution in [2.75, 3.05) is 6.54 Å². The van der Waals surface area contributed by atoms with Crippen molar-refractivity contribution >= 4 is 23.8 Å². The highest BCUT2D eigenvalue weighted by Crippen LogP contribution is 2.23. The van der Waals surface area contributed by atoms with Gasteiger partial charge in [0.05, 0.1) is 0 Å². The minimum atomic E-state index is -1.23. The summed E-state index contributed by atoms with van der Waals surface area (Å²) in [6, 6.07) is 7.06. The van der Waals surface area contributed by atoms with Crippen molar-refractivity contribution in [3.8, 4) is 12.5 Å². The third kappa shape index (κ3) is 10.5. The van der Waals surface area contributed by atoms with Crippen LogP contribution in [0.5, 0.6) is 0 Å². The lowest BCUT2D eigenvalue weighted by atomic mass is 10.0. The molecule has 9 heteroatoms. The molecule has 2 unspecified atom stereocenters. The first-order valence-electron chi connectivity index (χ1n) is 11.8. The van der Waals surface area contributed by atoms with Crippen LogP contribution in [-0.4, -0.2) is 46.9 Å². The van der Waals surface area contributed by atoms with Gasteiger partial charge in [0.2, 0.25) is 11.8 Å². The summed E-state index contributed by atoms with van der Waals surface area (Å²) in [5.41, 5.74) is 5.86. The van der Waals surface area contributed by atoms with Gasteiger partial charge in [0.1, 0.15) is 17.7 Å². The first-order chi connectivity index (χ1) is 16.4. The summed E-state index contributed by atoms with van der Waals surface area (Å²) >= 11 is 0. The van der Waals surface area contributed by atoms with Crippen molar-refractivity contribution < 1.29 is 23.9 Å². The van der Waals surface area contributed by atoms with E-state index in [9.17, 15) is 19.2 Å². The summed E-state index contributed by atoms with van der Waals surface area (Å²) in [6.45, 7) is 9.38. The van der Waals surface area contributed by atoms with E-state index in [1.54, 1.807) is 39.0 Å². The van der Waals surface area contributed by atoms with Gasteiger partial charge < -0.3 is 21.1 Å². The average Bonchev–Trinajstić information content (AvgIpc) is 2.75. The number of amides is 4. The van der Waals surface area contributed by atoms with Crippen LogP contribution in [0.25, 0.3) is 0 Å². The number of hydrogen-bond donors (Lipinski definition) is 3. The summed E-state index contributed by atoms with van der Waals surface area (Å²) in [7, 11) is 0. The number of nitrogens with one attached hydrogen (secondary N) is 2. The van der Waals surface area contributed by atoms with Gasteiger partial charge in [-0.05, 0) is 46.1 Å². The van der Waals surface area contributed by atoms with Crippen molar-refractivity contribution in [2.24, 2.45) is 5.73 Å². The summed E-state index contributed by atoms with van der Waals surface area (Å²) < 4.78 is 5.26. The molecule has 4 amide bonds. The molecule has 0 aliphatic rings. The Kier molecular flexibility index (Phi) is 11.8. The molecule has 0 aliphatic heterocycles. The molecule has 0 saturated heterocycles. The Bertz CT molecular complexity index is 932. The van der Waals surface area contributed by atoms with Gasteiger partial charge >= 0.3 is 6.09 Å². The number of carbonyl (C=O) groups is 4. The van der Waals surface area contributed by atoms with Gasteiger partial charge in [-0.25, -0.2) is 4.79 Å². The summed E-state index contributed by atoms with van der Waals surface area (Å²) in [5.74, 6) is -1.82. The average molecular weight is 487 g/mol. The van der Waals surface area contributed by atoms with Gasteiger partial charge in [0.15, 0.2) is 0 Å².